The summed E-state index contributed by atoms with van der Waals surface area (Å²) in [5, 5.41) is 4.13. The minimum atomic E-state index is -0.435. The van der Waals surface area contributed by atoms with Crippen molar-refractivity contribution in [3.8, 4) is 0 Å². The number of benzene rings is 1. The van der Waals surface area contributed by atoms with Crippen LogP contribution in [0.3, 0.4) is 0 Å². The van der Waals surface area contributed by atoms with Crippen LogP contribution in [0, 0.1) is 0 Å². The molecule has 1 aromatic carbocycles. The van der Waals surface area contributed by atoms with E-state index in [0.29, 0.717) is 44.8 Å². The van der Waals surface area contributed by atoms with E-state index in [0.717, 1.165) is 0 Å². The van der Waals surface area contributed by atoms with E-state index in [1.165, 1.54) is 6.20 Å². The summed E-state index contributed by atoms with van der Waals surface area (Å²) in [6, 6.07) is 5.10. The molecular formula is C16H14Cl2N4O2. The molecule has 3 aromatic rings. The minimum Gasteiger partial charge on any atom is -0.462 e. The van der Waals surface area contributed by atoms with Crippen molar-refractivity contribution in [2.45, 2.75) is 6.92 Å². The maximum Gasteiger partial charge on any atom is 0.341 e. The second-order valence-corrected chi connectivity index (χ2v) is 5.89. The maximum absolute atomic E-state index is 12.1. The van der Waals surface area contributed by atoms with Crippen LogP contribution in [0.5, 0.6) is 0 Å². The fraction of sp³-hybridized carbons (Fsp3) is 0.188. The molecule has 0 amide bonds. The lowest BCUT2D eigenvalue weighted by Crippen LogP contribution is -2.08. The van der Waals surface area contributed by atoms with Gasteiger partial charge in [0.15, 0.2) is 5.82 Å². The lowest BCUT2D eigenvalue weighted by Gasteiger charge is -2.10. The Morgan fingerprint density at radius 2 is 2.12 bits per heavy atom. The number of ether oxygens (including phenoxy) is 1. The van der Waals surface area contributed by atoms with Crippen molar-refractivity contribution in [3.63, 3.8) is 0 Å². The van der Waals surface area contributed by atoms with Crippen molar-refractivity contribution in [3.05, 3.63) is 46.3 Å². The third kappa shape index (κ3) is 3.02. The molecular weight excluding hydrogens is 351 g/mol. The van der Waals surface area contributed by atoms with Crippen molar-refractivity contribution in [2.75, 3.05) is 11.9 Å². The van der Waals surface area contributed by atoms with Gasteiger partial charge in [-0.1, -0.05) is 23.2 Å². The lowest BCUT2D eigenvalue weighted by atomic mass is 10.2. The first-order chi connectivity index (χ1) is 11.5. The summed E-state index contributed by atoms with van der Waals surface area (Å²) in [4.78, 5) is 20.7. The number of pyridine rings is 1. The highest BCUT2D eigenvalue weighted by molar-refractivity contribution is 6.36. The van der Waals surface area contributed by atoms with E-state index in [9.17, 15) is 4.79 Å². The quantitative estimate of drug-likeness (QED) is 0.702. The summed E-state index contributed by atoms with van der Waals surface area (Å²) in [5.74, 6) is 0.0533. The number of halogens is 2. The number of carbonyl (C=O) groups is 1. The number of hydrogen-bond acceptors (Lipinski definition) is 5. The van der Waals surface area contributed by atoms with Crippen LogP contribution in [-0.4, -0.2) is 27.1 Å². The summed E-state index contributed by atoms with van der Waals surface area (Å²) in [6.45, 7) is 2.04. The van der Waals surface area contributed by atoms with Gasteiger partial charge in [-0.3, -0.25) is 0 Å². The molecule has 2 aromatic heterocycles. The number of aryl methyl sites for hydroxylation is 1. The standard InChI is InChI=1S/C16H14Cl2N4O2/c1-3-24-16(23)10-7-19-15(13-14(10)22(2)8-20-13)21-12-5-4-9(17)6-11(12)18/h4-8H,3H2,1-2H3,(H,19,21). The number of anilines is 2. The fourth-order valence-electron chi connectivity index (χ4n) is 2.34. The number of hydrogen-bond donors (Lipinski definition) is 1. The van der Waals surface area contributed by atoms with E-state index in [-0.39, 0.29) is 0 Å². The van der Waals surface area contributed by atoms with E-state index in [4.69, 9.17) is 27.9 Å². The third-order valence-corrected chi connectivity index (χ3v) is 3.97. The molecule has 3 rings (SSSR count). The summed E-state index contributed by atoms with van der Waals surface area (Å²) in [5.41, 5.74) is 2.19. The summed E-state index contributed by atoms with van der Waals surface area (Å²) >= 11 is 12.1. The fourth-order valence-corrected chi connectivity index (χ4v) is 2.80. The molecule has 0 aliphatic heterocycles. The highest BCUT2D eigenvalue weighted by atomic mass is 35.5. The van der Waals surface area contributed by atoms with Crippen molar-refractivity contribution in [2.24, 2.45) is 7.05 Å². The molecule has 0 aliphatic rings. The molecule has 0 saturated carbocycles. The normalized spacial score (nSPS) is 10.8. The molecule has 0 spiro atoms. The predicted molar refractivity (Wildman–Crippen MR) is 94.2 cm³/mol. The molecule has 2 heterocycles. The molecule has 0 aliphatic carbocycles. The van der Waals surface area contributed by atoms with Crippen LogP contribution in [0.2, 0.25) is 10.0 Å². The number of rotatable bonds is 4. The molecule has 0 bridgehead atoms. The molecule has 24 heavy (non-hydrogen) atoms. The van der Waals surface area contributed by atoms with Gasteiger partial charge < -0.3 is 14.6 Å². The van der Waals surface area contributed by atoms with Gasteiger partial charge in [0.2, 0.25) is 0 Å². The predicted octanol–water partition coefficient (Wildman–Crippen LogP) is 4.20. The maximum atomic E-state index is 12.1. The Balaban J connectivity index is 2.07. The first kappa shape index (κ1) is 16.5. The zero-order valence-electron chi connectivity index (χ0n) is 13.0. The van der Waals surface area contributed by atoms with Gasteiger partial charge in [0.25, 0.3) is 0 Å². The van der Waals surface area contributed by atoms with Crippen LogP contribution in [0.25, 0.3) is 11.0 Å². The van der Waals surface area contributed by atoms with E-state index in [1.807, 2.05) is 0 Å². The average molecular weight is 365 g/mol. The van der Waals surface area contributed by atoms with Crippen molar-refractivity contribution >= 4 is 51.7 Å². The van der Waals surface area contributed by atoms with Gasteiger partial charge in [-0.15, -0.1) is 0 Å². The molecule has 1 N–H and O–H groups in total. The Labute approximate surface area is 148 Å². The molecule has 0 atom stereocenters. The Morgan fingerprint density at radius 1 is 1.33 bits per heavy atom. The van der Waals surface area contributed by atoms with Crippen LogP contribution in [0.1, 0.15) is 17.3 Å². The Hall–Kier alpha value is -2.31. The molecule has 8 heteroatoms. The summed E-state index contributed by atoms with van der Waals surface area (Å²) in [7, 11) is 1.80. The number of nitrogens with zero attached hydrogens (tertiary/aromatic N) is 3. The molecule has 0 radical (unpaired) electrons. The van der Waals surface area contributed by atoms with E-state index < -0.39 is 5.97 Å². The molecule has 0 saturated heterocycles. The Kier molecular flexibility index (Phi) is 4.59. The highest BCUT2D eigenvalue weighted by Crippen LogP contribution is 2.31. The Morgan fingerprint density at radius 3 is 2.83 bits per heavy atom. The van der Waals surface area contributed by atoms with Crippen LogP contribution in [-0.2, 0) is 11.8 Å². The van der Waals surface area contributed by atoms with Crippen molar-refractivity contribution in [1.82, 2.24) is 14.5 Å². The molecule has 0 unspecified atom stereocenters. The van der Waals surface area contributed by atoms with Gasteiger partial charge in [0.1, 0.15) is 11.1 Å². The van der Waals surface area contributed by atoms with E-state index in [1.54, 1.807) is 43.1 Å². The van der Waals surface area contributed by atoms with Gasteiger partial charge in [-0.25, -0.2) is 14.8 Å². The van der Waals surface area contributed by atoms with Crippen LogP contribution >= 0.6 is 23.2 Å². The lowest BCUT2D eigenvalue weighted by molar-refractivity contribution is 0.0528. The molecule has 124 valence electrons. The topological polar surface area (TPSA) is 69.0 Å². The van der Waals surface area contributed by atoms with Gasteiger partial charge in [-0.2, -0.15) is 0 Å². The second kappa shape index (κ2) is 6.67. The number of imidazole rings is 1. The van der Waals surface area contributed by atoms with Gasteiger partial charge >= 0.3 is 5.97 Å². The van der Waals surface area contributed by atoms with Gasteiger partial charge in [-0.05, 0) is 25.1 Å². The molecule has 6 nitrogen and oxygen atoms in total. The monoisotopic (exact) mass is 364 g/mol. The van der Waals surface area contributed by atoms with Crippen LogP contribution in [0.4, 0.5) is 11.5 Å². The van der Waals surface area contributed by atoms with Crippen molar-refractivity contribution < 1.29 is 9.53 Å². The average Bonchev–Trinajstić information content (AvgIpc) is 2.93. The number of carbonyl (C=O) groups excluding carboxylic acids is 1. The van der Waals surface area contributed by atoms with Crippen LogP contribution < -0.4 is 5.32 Å². The van der Waals surface area contributed by atoms with Gasteiger partial charge in [0, 0.05) is 18.3 Å². The smallest absolute Gasteiger partial charge is 0.341 e. The zero-order chi connectivity index (χ0) is 17.3. The molecule has 0 fully saturated rings. The number of esters is 1. The second-order valence-electron chi connectivity index (χ2n) is 5.04. The summed E-state index contributed by atoms with van der Waals surface area (Å²) in [6.07, 6.45) is 3.08. The summed E-state index contributed by atoms with van der Waals surface area (Å²) < 4.78 is 6.82. The van der Waals surface area contributed by atoms with Crippen molar-refractivity contribution in [1.29, 1.82) is 0 Å². The Bertz CT molecular complexity index is 924. The van der Waals surface area contributed by atoms with Gasteiger partial charge in [0.05, 0.1) is 29.2 Å². The van der Waals surface area contributed by atoms with E-state index in [2.05, 4.69) is 15.3 Å². The first-order valence-electron chi connectivity index (χ1n) is 7.20. The zero-order valence-corrected chi connectivity index (χ0v) is 14.5. The first-order valence-corrected chi connectivity index (χ1v) is 7.96. The van der Waals surface area contributed by atoms with Crippen LogP contribution in [0.15, 0.2) is 30.7 Å². The number of aromatic nitrogens is 3. The number of nitrogens with one attached hydrogen (secondary N) is 1. The number of fused-ring (bicyclic) bond motifs is 1. The third-order valence-electron chi connectivity index (χ3n) is 3.42. The minimum absolute atomic E-state index is 0.290. The highest BCUT2D eigenvalue weighted by Gasteiger charge is 2.19. The largest absolute Gasteiger partial charge is 0.462 e. The SMILES string of the molecule is CCOC(=O)c1cnc(Nc2ccc(Cl)cc2Cl)c2ncn(C)c12. The van der Waals surface area contributed by atoms with E-state index >= 15 is 0 Å².